The number of hydrogen-bond donors (Lipinski definition) is 0. The highest BCUT2D eigenvalue weighted by molar-refractivity contribution is 6.73. The van der Waals surface area contributed by atoms with Crippen LogP contribution >= 0.6 is 0 Å². The van der Waals surface area contributed by atoms with Crippen LogP contribution in [0.3, 0.4) is 0 Å². The molecule has 4 aromatic carbocycles. The fourth-order valence-corrected chi connectivity index (χ4v) is 10.2. The van der Waals surface area contributed by atoms with Crippen molar-refractivity contribution in [2.75, 3.05) is 26.4 Å². The molecule has 0 bridgehead atoms. The van der Waals surface area contributed by atoms with Crippen molar-refractivity contribution in [1.29, 1.82) is 0 Å². The molecular formula is C34H42O5Si2. The first-order valence-electron chi connectivity index (χ1n) is 14.4. The lowest BCUT2D eigenvalue weighted by Gasteiger charge is -2.35. The van der Waals surface area contributed by atoms with Crippen molar-refractivity contribution in [2.24, 2.45) is 0 Å². The van der Waals surface area contributed by atoms with E-state index in [0.29, 0.717) is 26.4 Å². The Morgan fingerprint density at radius 3 is 0.805 bits per heavy atom. The summed E-state index contributed by atoms with van der Waals surface area (Å²) in [7, 11) is -6.28. The van der Waals surface area contributed by atoms with Crippen molar-refractivity contribution in [3.8, 4) is 0 Å². The third kappa shape index (κ3) is 11.5. The van der Waals surface area contributed by atoms with E-state index in [4.69, 9.17) is 21.8 Å². The predicted molar refractivity (Wildman–Crippen MR) is 169 cm³/mol. The van der Waals surface area contributed by atoms with Crippen LogP contribution in [0.2, 0.25) is 13.1 Å². The summed E-state index contributed by atoms with van der Waals surface area (Å²) in [6.07, 6.45) is 3.10. The van der Waals surface area contributed by atoms with Crippen LogP contribution in [0.1, 0.15) is 22.3 Å². The van der Waals surface area contributed by atoms with Crippen molar-refractivity contribution >= 4 is 17.6 Å². The Kier molecular flexibility index (Phi) is 12.5. The summed E-state index contributed by atoms with van der Waals surface area (Å²) in [5.74, 6) is 0. The second-order valence-electron chi connectivity index (χ2n) is 10.2. The lowest BCUT2D eigenvalue weighted by molar-refractivity contribution is 0.0505. The molecule has 0 saturated heterocycles. The monoisotopic (exact) mass is 586 g/mol. The van der Waals surface area contributed by atoms with E-state index in [9.17, 15) is 0 Å². The zero-order chi connectivity index (χ0) is 28.6. The second-order valence-corrected chi connectivity index (χ2v) is 15.6. The summed E-state index contributed by atoms with van der Waals surface area (Å²) in [5.41, 5.74) is 4.86. The molecular weight excluding hydrogens is 545 g/mol. The minimum Gasteiger partial charge on any atom is -0.374 e. The quantitative estimate of drug-likeness (QED) is 0.116. The van der Waals surface area contributed by atoms with Crippen LogP contribution in [-0.4, -0.2) is 44.0 Å². The first-order valence-corrected chi connectivity index (χ1v) is 18.9. The Labute approximate surface area is 247 Å². The van der Waals surface area contributed by atoms with E-state index in [-0.39, 0.29) is 0 Å². The molecule has 4 rings (SSSR count). The molecule has 0 N–H and O–H groups in total. The predicted octanol–water partition coefficient (Wildman–Crippen LogP) is 7.18. The van der Waals surface area contributed by atoms with Gasteiger partial charge >= 0.3 is 17.6 Å². The minimum absolute atomic E-state index is 0.497. The molecule has 0 spiro atoms. The largest absolute Gasteiger partial charge is 0.490 e. The molecule has 4 aromatic rings. The van der Waals surface area contributed by atoms with Gasteiger partial charge in [-0.05, 0) is 47.9 Å². The van der Waals surface area contributed by atoms with Crippen LogP contribution in [0.15, 0.2) is 121 Å². The van der Waals surface area contributed by atoms with Gasteiger partial charge in [-0.3, -0.25) is 0 Å². The van der Waals surface area contributed by atoms with Gasteiger partial charge in [-0.25, -0.2) is 0 Å². The Morgan fingerprint density at radius 1 is 0.366 bits per heavy atom. The first kappa shape index (κ1) is 31.1. The molecule has 0 aliphatic carbocycles. The highest BCUT2D eigenvalue weighted by atomic mass is 28.5. The van der Waals surface area contributed by atoms with Crippen molar-refractivity contribution in [2.45, 2.75) is 38.8 Å². The van der Waals surface area contributed by atoms with Gasteiger partial charge in [0.2, 0.25) is 0 Å². The summed E-state index contributed by atoms with van der Waals surface area (Å²) >= 11 is 0. The van der Waals surface area contributed by atoms with Crippen molar-refractivity contribution in [1.82, 2.24) is 0 Å². The molecule has 0 aliphatic rings. The van der Waals surface area contributed by atoms with Crippen LogP contribution in [0, 0.1) is 0 Å². The summed E-state index contributed by atoms with van der Waals surface area (Å²) in [4.78, 5) is 0. The molecule has 0 amide bonds. The normalized spacial score (nSPS) is 12.0. The standard InChI is InChI=1S/C34H42O5Si2/c1-40(35-27-23-31-15-7-3-8-16-31,36-28-24-32-17-9-4-10-18-32)39-41(2,37-29-25-33-19-11-5-12-20-33)38-30-26-34-21-13-6-14-22-34/h3-22H,23-30H2,1-2H3. The molecule has 0 aromatic heterocycles. The maximum absolute atomic E-state index is 6.77. The summed E-state index contributed by atoms with van der Waals surface area (Å²) in [5, 5.41) is 0. The van der Waals surface area contributed by atoms with Crippen molar-refractivity contribution in [3.63, 3.8) is 0 Å². The number of rotatable bonds is 18. The molecule has 0 unspecified atom stereocenters. The molecule has 41 heavy (non-hydrogen) atoms. The molecule has 0 radical (unpaired) electrons. The Morgan fingerprint density at radius 2 is 0.585 bits per heavy atom. The SMILES string of the molecule is C[Si](OCCc1ccccc1)(OCCc1ccccc1)O[Si](C)(OCCc1ccccc1)OCCc1ccccc1. The first-order chi connectivity index (χ1) is 20.0. The van der Waals surface area contributed by atoms with Gasteiger partial charge in [-0.15, -0.1) is 0 Å². The molecule has 7 heteroatoms. The zero-order valence-electron chi connectivity index (χ0n) is 24.2. The molecule has 0 atom stereocenters. The van der Waals surface area contributed by atoms with Crippen LogP contribution < -0.4 is 0 Å². The Hall–Kier alpha value is -2.89. The van der Waals surface area contributed by atoms with Gasteiger partial charge in [0.1, 0.15) is 0 Å². The zero-order valence-corrected chi connectivity index (χ0v) is 26.2. The number of benzene rings is 4. The van der Waals surface area contributed by atoms with E-state index >= 15 is 0 Å². The van der Waals surface area contributed by atoms with Gasteiger partial charge in [0, 0.05) is 39.5 Å². The lowest BCUT2D eigenvalue weighted by Crippen LogP contribution is -2.56. The second kappa shape index (κ2) is 16.5. The maximum Gasteiger partial charge on any atom is 0.490 e. The molecule has 216 valence electrons. The number of hydrogen-bond acceptors (Lipinski definition) is 5. The summed E-state index contributed by atoms with van der Waals surface area (Å²) < 4.78 is 32.6. The van der Waals surface area contributed by atoms with E-state index in [2.05, 4.69) is 48.5 Å². The fourth-order valence-electron chi connectivity index (χ4n) is 4.53. The van der Waals surface area contributed by atoms with E-state index < -0.39 is 17.6 Å². The minimum atomic E-state index is -3.14. The van der Waals surface area contributed by atoms with Gasteiger partial charge in [-0.2, -0.15) is 0 Å². The van der Waals surface area contributed by atoms with Gasteiger partial charge < -0.3 is 21.8 Å². The molecule has 0 saturated carbocycles. The topological polar surface area (TPSA) is 46.2 Å². The van der Waals surface area contributed by atoms with Gasteiger partial charge in [0.15, 0.2) is 0 Å². The van der Waals surface area contributed by atoms with Crippen molar-refractivity contribution < 1.29 is 21.8 Å². The third-order valence-corrected chi connectivity index (χ3v) is 12.6. The van der Waals surface area contributed by atoms with Crippen LogP contribution in [0.25, 0.3) is 0 Å². The fraction of sp³-hybridized carbons (Fsp3) is 0.294. The molecule has 5 nitrogen and oxygen atoms in total. The molecule has 0 fully saturated rings. The van der Waals surface area contributed by atoms with Crippen LogP contribution in [-0.2, 0) is 47.5 Å². The Balaban J connectivity index is 1.44. The van der Waals surface area contributed by atoms with Gasteiger partial charge in [0.25, 0.3) is 0 Å². The van der Waals surface area contributed by atoms with Crippen molar-refractivity contribution in [3.05, 3.63) is 144 Å². The summed E-state index contributed by atoms with van der Waals surface area (Å²) in [6, 6.07) is 41.3. The average Bonchev–Trinajstić information content (AvgIpc) is 2.99. The maximum atomic E-state index is 6.77. The Bertz CT molecular complexity index is 1050. The highest BCUT2D eigenvalue weighted by Crippen LogP contribution is 2.22. The summed E-state index contributed by atoms with van der Waals surface area (Å²) in [6.45, 7) is 5.92. The third-order valence-electron chi connectivity index (χ3n) is 6.76. The van der Waals surface area contributed by atoms with Gasteiger partial charge in [0.05, 0.1) is 0 Å². The van der Waals surface area contributed by atoms with E-state index in [1.54, 1.807) is 0 Å². The highest BCUT2D eigenvalue weighted by Gasteiger charge is 2.48. The van der Waals surface area contributed by atoms with E-state index in [1.807, 2.05) is 85.9 Å². The smallest absolute Gasteiger partial charge is 0.374 e. The van der Waals surface area contributed by atoms with Gasteiger partial charge in [-0.1, -0.05) is 121 Å². The van der Waals surface area contributed by atoms with E-state index in [0.717, 1.165) is 25.7 Å². The average molecular weight is 587 g/mol. The van der Waals surface area contributed by atoms with E-state index in [1.165, 1.54) is 22.3 Å². The van der Waals surface area contributed by atoms with Crippen LogP contribution in [0.4, 0.5) is 0 Å². The molecule has 0 aliphatic heterocycles. The lowest BCUT2D eigenvalue weighted by atomic mass is 10.2. The van der Waals surface area contributed by atoms with Crippen LogP contribution in [0.5, 0.6) is 0 Å². The molecule has 0 heterocycles.